The molecule has 0 fully saturated rings. The molecule has 0 aliphatic rings. The van der Waals surface area contributed by atoms with Gasteiger partial charge in [0.15, 0.2) is 0 Å². The predicted octanol–water partition coefficient (Wildman–Crippen LogP) is 1.41. The molecule has 0 atom stereocenters. The van der Waals surface area contributed by atoms with Crippen LogP contribution in [-0.4, -0.2) is 37.2 Å². The van der Waals surface area contributed by atoms with E-state index in [2.05, 4.69) is 30.7 Å². The first kappa shape index (κ1) is 17.3. The van der Waals surface area contributed by atoms with E-state index in [1.165, 1.54) is 6.20 Å². The highest BCUT2D eigenvalue weighted by Gasteiger charge is 2.12. The van der Waals surface area contributed by atoms with Gasteiger partial charge in [-0.25, -0.2) is 4.98 Å². The normalized spacial score (nSPS) is 10.5. The van der Waals surface area contributed by atoms with E-state index in [9.17, 15) is 4.79 Å². The van der Waals surface area contributed by atoms with E-state index in [0.29, 0.717) is 24.7 Å². The van der Waals surface area contributed by atoms with Gasteiger partial charge in [0.1, 0.15) is 5.82 Å². The molecular formula is C17H20N8O. The Balaban J connectivity index is 1.72. The number of carbonyl (C=O) groups is 1. The lowest BCUT2D eigenvalue weighted by Crippen LogP contribution is -2.18. The van der Waals surface area contributed by atoms with Gasteiger partial charge in [0.05, 0.1) is 17.4 Å². The third kappa shape index (κ3) is 4.32. The average molecular weight is 352 g/mol. The summed E-state index contributed by atoms with van der Waals surface area (Å²) in [5.74, 6) is 0.139. The van der Waals surface area contributed by atoms with Crippen LogP contribution >= 0.6 is 0 Å². The lowest BCUT2D eigenvalue weighted by molar-refractivity contribution is 0.100. The molecule has 0 unspecified atom stereocenters. The number of pyridine rings is 1. The summed E-state index contributed by atoms with van der Waals surface area (Å²) in [6.45, 7) is 2.50. The van der Waals surface area contributed by atoms with Gasteiger partial charge >= 0.3 is 0 Å². The highest BCUT2D eigenvalue weighted by Crippen LogP contribution is 2.17. The smallest absolute Gasteiger partial charge is 0.254 e. The van der Waals surface area contributed by atoms with Crippen LogP contribution in [0.15, 0.2) is 36.8 Å². The first-order chi connectivity index (χ1) is 12.5. The van der Waals surface area contributed by atoms with Crippen molar-refractivity contribution >= 4 is 23.4 Å². The van der Waals surface area contributed by atoms with Crippen LogP contribution in [0, 0.1) is 6.92 Å². The molecule has 9 nitrogen and oxygen atoms in total. The second kappa shape index (κ2) is 7.60. The van der Waals surface area contributed by atoms with Gasteiger partial charge in [-0.2, -0.15) is 10.1 Å². The third-order valence-corrected chi connectivity index (χ3v) is 3.63. The maximum absolute atomic E-state index is 11.6. The van der Waals surface area contributed by atoms with Crippen LogP contribution in [-0.2, 0) is 13.5 Å². The quantitative estimate of drug-likeness (QED) is 0.587. The van der Waals surface area contributed by atoms with Crippen molar-refractivity contribution in [1.29, 1.82) is 0 Å². The molecule has 0 spiro atoms. The number of anilines is 3. The number of hydrogen-bond donors (Lipinski definition) is 3. The van der Waals surface area contributed by atoms with E-state index < -0.39 is 5.91 Å². The zero-order valence-corrected chi connectivity index (χ0v) is 14.6. The molecule has 0 aliphatic heterocycles. The molecule has 1 amide bonds. The minimum Gasteiger partial charge on any atom is -0.369 e. The average Bonchev–Trinajstić information content (AvgIpc) is 3.00. The Bertz CT molecular complexity index is 921. The zero-order valence-electron chi connectivity index (χ0n) is 14.6. The number of aromatic nitrogens is 5. The Hall–Kier alpha value is -3.49. The van der Waals surface area contributed by atoms with Crippen molar-refractivity contribution in [3.8, 4) is 0 Å². The van der Waals surface area contributed by atoms with Gasteiger partial charge in [-0.05, 0) is 19.1 Å². The van der Waals surface area contributed by atoms with Gasteiger partial charge in [-0.15, -0.1) is 0 Å². The molecule has 3 heterocycles. The number of aryl methyl sites for hydroxylation is 2. The van der Waals surface area contributed by atoms with Crippen molar-refractivity contribution in [3.63, 3.8) is 0 Å². The Labute approximate surface area is 150 Å². The molecule has 0 aliphatic carbocycles. The summed E-state index contributed by atoms with van der Waals surface area (Å²) in [5.41, 5.74) is 8.32. The Morgan fingerprint density at radius 3 is 2.81 bits per heavy atom. The number of rotatable bonds is 7. The van der Waals surface area contributed by atoms with Crippen LogP contribution in [0.1, 0.15) is 21.7 Å². The number of primary amides is 1. The maximum atomic E-state index is 11.6. The fraction of sp³-hybridized carbons (Fsp3) is 0.235. The van der Waals surface area contributed by atoms with Gasteiger partial charge in [0.25, 0.3) is 5.91 Å². The Morgan fingerprint density at radius 1 is 1.27 bits per heavy atom. The topological polar surface area (TPSA) is 124 Å². The molecular weight excluding hydrogens is 332 g/mol. The van der Waals surface area contributed by atoms with Crippen molar-refractivity contribution in [3.05, 3.63) is 53.7 Å². The Kier molecular flexibility index (Phi) is 5.07. The standard InChI is InChI=1S/C17H20N8O/c1-11-4-3-5-12(22-11)6-7-19-16-14(15(18)26)9-20-17(24-16)23-13-8-21-25(2)10-13/h3-5,8-10H,6-7H2,1-2H3,(H2,18,26)(H2,19,20,23,24). The lowest BCUT2D eigenvalue weighted by atomic mass is 10.2. The number of nitrogens with zero attached hydrogens (tertiary/aromatic N) is 5. The summed E-state index contributed by atoms with van der Waals surface area (Å²) in [7, 11) is 1.81. The second-order valence-electron chi connectivity index (χ2n) is 5.79. The van der Waals surface area contributed by atoms with E-state index in [4.69, 9.17) is 5.73 Å². The van der Waals surface area contributed by atoms with Gasteiger partial charge < -0.3 is 16.4 Å². The summed E-state index contributed by atoms with van der Waals surface area (Å²) in [6, 6.07) is 5.87. The minimum absolute atomic E-state index is 0.235. The fourth-order valence-corrected chi connectivity index (χ4v) is 2.42. The van der Waals surface area contributed by atoms with Crippen LogP contribution < -0.4 is 16.4 Å². The number of amides is 1. The molecule has 3 rings (SSSR count). The van der Waals surface area contributed by atoms with Crippen LogP contribution in [0.4, 0.5) is 17.5 Å². The van der Waals surface area contributed by atoms with Crippen molar-refractivity contribution in [1.82, 2.24) is 24.7 Å². The van der Waals surface area contributed by atoms with Crippen LogP contribution in [0.25, 0.3) is 0 Å². The van der Waals surface area contributed by atoms with E-state index in [1.54, 1.807) is 17.1 Å². The van der Waals surface area contributed by atoms with Gasteiger partial charge in [-0.3, -0.25) is 14.5 Å². The highest BCUT2D eigenvalue weighted by atomic mass is 16.1. The maximum Gasteiger partial charge on any atom is 0.254 e. The van der Waals surface area contributed by atoms with E-state index >= 15 is 0 Å². The van der Waals surface area contributed by atoms with Gasteiger partial charge in [0.2, 0.25) is 5.95 Å². The van der Waals surface area contributed by atoms with E-state index in [0.717, 1.165) is 17.1 Å². The van der Waals surface area contributed by atoms with Gasteiger partial charge in [-0.1, -0.05) is 6.07 Å². The molecule has 9 heteroatoms. The van der Waals surface area contributed by atoms with Crippen LogP contribution in [0.2, 0.25) is 0 Å². The molecule has 134 valence electrons. The first-order valence-electron chi connectivity index (χ1n) is 8.10. The highest BCUT2D eigenvalue weighted by molar-refractivity contribution is 5.97. The minimum atomic E-state index is -0.589. The molecule has 0 aromatic carbocycles. The number of carbonyl (C=O) groups excluding carboxylic acids is 1. The van der Waals surface area contributed by atoms with Crippen molar-refractivity contribution in [2.75, 3.05) is 17.2 Å². The number of nitrogens with two attached hydrogens (primary N) is 1. The van der Waals surface area contributed by atoms with Gasteiger partial charge in [0, 0.05) is 43.8 Å². The molecule has 0 saturated heterocycles. The summed E-state index contributed by atoms with van der Waals surface area (Å²) in [5, 5.41) is 10.3. The monoisotopic (exact) mass is 352 g/mol. The molecule has 26 heavy (non-hydrogen) atoms. The lowest BCUT2D eigenvalue weighted by Gasteiger charge is -2.11. The number of nitrogens with one attached hydrogen (secondary N) is 2. The van der Waals surface area contributed by atoms with Crippen LogP contribution in [0.5, 0.6) is 0 Å². The third-order valence-electron chi connectivity index (χ3n) is 3.63. The fourth-order valence-electron chi connectivity index (χ4n) is 2.42. The summed E-state index contributed by atoms with van der Waals surface area (Å²) >= 11 is 0. The molecule has 3 aromatic rings. The predicted molar refractivity (Wildman–Crippen MR) is 98.2 cm³/mol. The van der Waals surface area contributed by atoms with E-state index in [1.807, 2.05) is 32.2 Å². The molecule has 3 aromatic heterocycles. The molecule has 0 bridgehead atoms. The van der Waals surface area contributed by atoms with Crippen molar-refractivity contribution in [2.45, 2.75) is 13.3 Å². The van der Waals surface area contributed by atoms with E-state index in [-0.39, 0.29) is 5.56 Å². The van der Waals surface area contributed by atoms with Crippen molar-refractivity contribution < 1.29 is 4.79 Å². The summed E-state index contributed by atoms with van der Waals surface area (Å²) in [6.07, 6.45) is 5.54. The second-order valence-corrected chi connectivity index (χ2v) is 5.79. The molecule has 0 saturated carbocycles. The molecule has 0 radical (unpaired) electrons. The Morgan fingerprint density at radius 2 is 2.12 bits per heavy atom. The van der Waals surface area contributed by atoms with Crippen LogP contribution in [0.3, 0.4) is 0 Å². The first-order valence-corrected chi connectivity index (χ1v) is 8.10. The number of hydrogen-bond acceptors (Lipinski definition) is 7. The zero-order chi connectivity index (χ0) is 18.5. The molecule has 4 N–H and O–H groups in total. The van der Waals surface area contributed by atoms with Crippen molar-refractivity contribution in [2.24, 2.45) is 12.8 Å². The SMILES string of the molecule is Cc1cccc(CCNc2nc(Nc3cnn(C)c3)ncc2C(N)=O)n1. The largest absolute Gasteiger partial charge is 0.369 e. The summed E-state index contributed by atoms with van der Waals surface area (Å²) in [4.78, 5) is 24.6. The summed E-state index contributed by atoms with van der Waals surface area (Å²) < 4.78 is 1.66.